The van der Waals surface area contributed by atoms with Crippen molar-refractivity contribution in [2.24, 2.45) is 0 Å². The molecular weight excluding hydrogens is 291 g/mol. The first-order chi connectivity index (χ1) is 9.90. The molecule has 0 aliphatic rings. The van der Waals surface area contributed by atoms with E-state index in [1.807, 2.05) is 0 Å². The maximum atomic E-state index is 10.3. The number of rotatable bonds is 12. The summed E-state index contributed by atoms with van der Waals surface area (Å²) in [6.45, 7) is 9.79. The first-order valence-electron chi connectivity index (χ1n) is 7.62. The molecule has 0 fully saturated rings. The van der Waals surface area contributed by atoms with Crippen LogP contribution in [0.4, 0.5) is 4.79 Å². The van der Waals surface area contributed by atoms with Gasteiger partial charge in [-0.05, 0) is 40.5 Å². The molecule has 1 atom stereocenters. The van der Waals surface area contributed by atoms with Gasteiger partial charge >= 0.3 is 6.09 Å². The van der Waals surface area contributed by atoms with E-state index in [9.17, 15) is 4.79 Å². The summed E-state index contributed by atoms with van der Waals surface area (Å²) in [6, 6.07) is 0.774. The van der Waals surface area contributed by atoms with Gasteiger partial charge in [0, 0.05) is 25.7 Å². The highest BCUT2D eigenvalue weighted by Gasteiger charge is 2.25. The van der Waals surface area contributed by atoms with Gasteiger partial charge in [-0.3, -0.25) is 0 Å². The standard InChI is InChI=1S/C14H31N2O4P/c1-12(2)16(13(3)4)21(19-5)20-11-9-7-6-8-10-15-14(17)18/h12-13,15H,6-11H2,1-5H3,(H,17,18). The first kappa shape index (κ1) is 20.6. The smallest absolute Gasteiger partial charge is 0.404 e. The van der Waals surface area contributed by atoms with Gasteiger partial charge < -0.3 is 19.5 Å². The van der Waals surface area contributed by atoms with Crippen molar-refractivity contribution in [2.75, 3.05) is 20.3 Å². The highest BCUT2D eigenvalue weighted by Crippen LogP contribution is 2.45. The molecule has 0 radical (unpaired) electrons. The minimum atomic E-state index is -0.994. The van der Waals surface area contributed by atoms with Crippen molar-refractivity contribution < 1.29 is 18.9 Å². The quantitative estimate of drug-likeness (QED) is 0.422. The van der Waals surface area contributed by atoms with Gasteiger partial charge in [-0.1, -0.05) is 12.8 Å². The number of nitrogens with one attached hydrogen (secondary N) is 1. The summed E-state index contributed by atoms with van der Waals surface area (Å²) in [6.07, 6.45) is 2.94. The van der Waals surface area contributed by atoms with Crippen LogP contribution in [-0.4, -0.2) is 48.2 Å². The molecule has 0 spiro atoms. The predicted octanol–water partition coefficient (Wildman–Crippen LogP) is 3.82. The fourth-order valence-corrected chi connectivity index (χ4v) is 3.57. The van der Waals surface area contributed by atoms with Gasteiger partial charge in [0.2, 0.25) is 0 Å². The molecule has 0 heterocycles. The van der Waals surface area contributed by atoms with Crippen molar-refractivity contribution >= 4 is 14.6 Å². The zero-order valence-corrected chi connectivity index (χ0v) is 14.9. The van der Waals surface area contributed by atoms with E-state index in [4.69, 9.17) is 14.2 Å². The first-order valence-corrected chi connectivity index (χ1v) is 8.75. The Morgan fingerprint density at radius 1 is 1.14 bits per heavy atom. The third-order valence-corrected chi connectivity index (χ3v) is 4.97. The molecule has 0 aromatic heterocycles. The summed E-state index contributed by atoms with van der Waals surface area (Å²) in [4.78, 5) is 10.3. The SMILES string of the molecule is COP(OCCCCCCNC(=O)O)N(C(C)C)C(C)C. The lowest BCUT2D eigenvalue weighted by Crippen LogP contribution is -2.33. The highest BCUT2D eigenvalue weighted by atomic mass is 31.2. The summed E-state index contributed by atoms with van der Waals surface area (Å²) < 4.78 is 13.6. The fourth-order valence-electron chi connectivity index (χ4n) is 2.11. The van der Waals surface area contributed by atoms with E-state index in [0.717, 1.165) is 25.7 Å². The second kappa shape index (κ2) is 12.2. The van der Waals surface area contributed by atoms with Crippen LogP contribution in [0.15, 0.2) is 0 Å². The van der Waals surface area contributed by atoms with Crippen LogP contribution < -0.4 is 5.32 Å². The van der Waals surface area contributed by atoms with Crippen molar-refractivity contribution in [1.29, 1.82) is 0 Å². The zero-order valence-electron chi connectivity index (χ0n) is 14.0. The number of hydrogen-bond donors (Lipinski definition) is 2. The number of amides is 1. The Balaban J connectivity index is 3.79. The number of nitrogens with zero attached hydrogens (tertiary/aromatic N) is 1. The van der Waals surface area contributed by atoms with Gasteiger partial charge in [-0.25, -0.2) is 9.46 Å². The second-order valence-electron chi connectivity index (χ2n) is 5.47. The second-order valence-corrected chi connectivity index (χ2v) is 7.03. The zero-order chi connectivity index (χ0) is 16.3. The maximum Gasteiger partial charge on any atom is 0.404 e. The molecule has 1 amide bonds. The monoisotopic (exact) mass is 322 g/mol. The minimum Gasteiger partial charge on any atom is -0.465 e. The van der Waals surface area contributed by atoms with E-state index in [2.05, 4.69) is 37.7 Å². The highest BCUT2D eigenvalue weighted by molar-refractivity contribution is 7.44. The Hall–Kier alpha value is -0.420. The largest absolute Gasteiger partial charge is 0.465 e. The summed E-state index contributed by atoms with van der Waals surface area (Å²) in [5.74, 6) is 0. The van der Waals surface area contributed by atoms with E-state index < -0.39 is 14.6 Å². The molecule has 7 heteroatoms. The molecule has 0 saturated heterocycles. The molecule has 1 unspecified atom stereocenters. The van der Waals surface area contributed by atoms with Crippen LogP contribution in [0.5, 0.6) is 0 Å². The Labute approximate surface area is 130 Å². The molecule has 126 valence electrons. The van der Waals surface area contributed by atoms with E-state index in [0.29, 0.717) is 25.2 Å². The number of unbranched alkanes of at least 4 members (excludes halogenated alkanes) is 3. The number of carbonyl (C=O) groups is 1. The Kier molecular flexibility index (Phi) is 11.9. The molecule has 6 nitrogen and oxygen atoms in total. The van der Waals surface area contributed by atoms with Crippen LogP contribution in [0.3, 0.4) is 0 Å². The van der Waals surface area contributed by atoms with Crippen LogP contribution in [0.2, 0.25) is 0 Å². The molecule has 0 aliphatic heterocycles. The normalized spacial score (nSPS) is 13.1. The molecular formula is C14H31N2O4P. The van der Waals surface area contributed by atoms with Gasteiger partial charge in [0.05, 0.1) is 6.61 Å². The van der Waals surface area contributed by atoms with Gasteiger partial charge in [0.1, 0.15) is 0 Å². The van der Waals surface area contributed by atoms with Crippen molar-refractivity contribution in [3.63, 3.8) is 0 Å². The molecule has 21 heavy (non-hydrogen) atoms. The van der Waals surface area contributed by atoms with Crippen molar-refractivity contribution in [3.8, 4) is 0 Å². The molecule has 0 aliphatic carbocycles. The van der Waals surface area contributed by atoms with Gasteiger partial charge in [0.15, 0.2) is 0 Å². The maximum absolute atomic E-state index is 10.3. The number of carboxylic acid groups (broad SMARTS) is 1. The average Bonchev–Trinajstić information content (AvgIpc) is 2.38. The summed E-state index contributed by atoms with van der Waals surface area (Å²) in [5, 5.41) is 10.8. The molecule has 0 aromatic rings. The van der Waals surface area contributed by atoms with Crippen LogP contribution in [0.1, 0.15) is 53.4 Å². The molecule has 2 N–H and O–H groups in total. The van der Waals surface area contributed by atoms with Gasteiger partial charge in [0.25, 0.3) is 8.53 Å². The number of hydrogen-bond acceptors (Lipinski definition) is 4. The van der Waals surface area contributed by atoms with Crippen LogP contribution in [-0.2, 0) is 9.05 Å². The minimum absolute atomic E-state index is 0.387. The lowest BCUT2D eigenvalue weighted by molar-refractivity contribution is 0.190. The topological polar surface area (TPSA) is 71.0 Å². The average molecular weight is 322 g/mol. The lowest BCUT2D eigenvalue weighted by Gasteiger charge is -2.34. The molecule has 0 aromatic carbocycles. The Bertz CT molecular complexity index is 270. The molecule has 0 saturated carbocycles. The van der Waals surface area contributed by atoms with Crippen LogP contribution in [0.25, 0.3) is 0 Å². The van der Waals surface area contributed by atoms with Crippen molar-refractivity contribution in [3.05, 3.63) is 0 Å². The fraction of sp³-hybridized carbons (Fsp3) is 0.929. The Morgan fingerprint density at radius 3 is 2.19 bits per heavy atom. The third-order valence-electron chi connectivity index (χ3n) is 2.95. The molecule has 0 bridgehead atoms. The van der Waals surface area contributed by atoms with Crippen molar-refractivity contribution in [2.45, 2.75) is 65.5 Å². The van der Waals surface area contributed by atoms with E-state index in [1.54, 1.807) is 7.11 Å². The van der Waals surface area contributed by atoms with E-state index >= 15 is 0 Å². The summed E-state index contributed by atoms with van der Waals surface area (Å²) in [5.41, 5.74) is 0. The van der Waals surface area contributed by atoms with Gasteiger partial charge in [-0.2, -0.15) is 0 Å². The van der Waals surface area contributed by atoms with E-state index in [-0.39, 0.29) is 0 Å². The molecule has 0 rings (SSSR count). The summed E-state index contributed by atoms with van der Waals surface area (Å²) in [7, 11) is 0.702. The Morgan fingerprint density at radius 2 is 1.71 bits per heavy atom. The summed E-state index contributed by atoms with van der Waals surface area (Å²) >= 11 is 0. The predicted molar refractivity (Wildman–Crippen MR) is 86.5 cm³/mol. The van der Waals surface area contributed by atoms with Crippen molar-refractivity contribution in [1.82, 2.24) is 9.99 Å². The van der Waals surface area contributed by atoms with Crippen LogP contribution in [0, 0.1) is 0 Å². The lowest BCUT2D eigenvalue weighted by atomic mass is 10.2. The third kappa shape index (κ3) is 10.0. The van der Waals surface area contributed by atoms with Gasteiger partial charge in [-0.15, -0.1) is 0 Å². The van der Waals surface area contributed by atoms with Crippen LogP contribution >= 0.6 is 8.53 Å². The van der Waals surface area contributed by atoms with E-state index in [1.165, 1.54) is 0 Å².